The average Bonchev–Trinajstić information content (AvgIpc) is 2.34. The fourth-order valence-corrected chi connectivity index (χ4v) is 2.07. The first-order chi connectivity index (χ1) is 8.97. The number of nitrogens with zero attached hydrogens (tertiary/aromatic N) is 1. The van der Waals surface area contributed by atoms with Crippen molar-refractivity contribution in [3.8, 4) is 0 Å². The predicted octanol–water partition coefficient (Wildman–Crippen LogP) is 2.21. The first-order valence-corrected chi connectivity index (χ1v) is 5.97. The van der Waals surface area contributed by atoms with Crippen molar-refractivity contribution < 1.29 is 9.90 Å². The highest BCUT2D eigenvalue weighted by Gasteiger charge is 2.05. The van der Waals surface area contributed by atoms with E-state index in [1.165, 1.54) is 0 Å². The van der Waals surface area contributed by atoms with Crippen LogP contribution in [0.5, 0.6) is 0 Å². The summed E-state index contributed by atoms with van der Waals surface area (Å²) in [5, 5.41) is 8.84. The second-order valence-corrected chi connectivity index (χ2v) is 4.56. The van der Waals surface area contributed by atoms with Gasteiger partial charge in [0.05, 0.1) is 5.56 Å². The van der Waals surface area contributed by atoms with Crippen LogP contribution in [0.25, 0.3) is 0 Å². The Bertz CT molecular complexity index is 643. The van der Waals surface area contributed by atoms with Gasteiger partial charge in [-0.1, -0.05) is 12.1 Å². The third-order valence-electron chi connectivity index (χ3n) is 3.10. The average molecular weight is 257 g/mol. The molecule has 0 unspecified atom stereocenters. The van der Waals surface area contributed by atoms with Crippen LogP contribution in [-0.4, -0.2) is 15.6 Å². The second-order valence-electron chi connectivity index (χ2n) is 4.56. The molecule has 2 aromatic rings. The number of rotatable bonds is 3. The molecule has 2 rings (SSSR count). The van der Waals surface area contributed by atoms with E-state index in [1.807, 2.05) is 18.4 Å². The molecule has 0 atom stereocenters. The molecule has 1 N–H and O–H groups in total. The highest BCUT2D eigenvalue weighted by molar-refractivity contribution is 5.87. The fourth-order valence-electron chi connectivity index (χ4n) is 2.07. The number of hydrogen-bond acceptors (Lipinski definition) is 2. The van der Waals surface area contributed by atoms with Crippen LogP contribution in [0.4, 0.5) is 0 Å². The number of aryl methyl sites for hydroxylation is 2. The Kier molecular flexibility index (Phi) is 3.51. The maximum absolute atomic E-state index is 11.4. The molecule has 0 aliphatic carbocycles. The molecule has 0 aliphatic heterocycles. The molecule has 19 heavy (non-hydrogen) atoms. The molecular weight excluding hydrogens is 242 g/mol. The topological polar surface area (TPSA) is 59.3 Å². The second kappa shape index (κ2) is 5.10. The van der Waals surface area contributed by atoms with Crippen molar-refractivity contribution >= 4 is 5.97 Å². The summed E-state index contributed by atoms with van der Waals surface area (Å²) in [6.07, 6.45) is 0. The molecule has 4 heteroatoms. The molecule has 1 aromatic heterocycles. The van der Waals surface area contributed by atoms with E-state index < -0.39 is 5.97 Å². The van der Waals surface area contributed by atoms with Crippen molar-refractivity contribution in [2.75, 3.05) is 0 Å². The van der Waals surface area contributed by atoms with Crippen LogP contribution < -0.4 is 5.43 Å². The Morgan fingerprint density at radius 2 is 1.63 bits per heavy atom. The van der Waals surface area contributed by atoms with Gasteiger partial charge in [-0.15, -0.1) is 0 Å². The van der Waals surface area contributed by atoms with E-state index in [4.69, 9.17) is 5.11 Å². The minimum atomic E-state index is -0.928. The Labute approximate surface area is 110 Å². The van der Waals surface area contributed by atoms with Gasteiger partial charge in [0.2, 0.25) is 0 Å². The number of benzene rings is 1. The standard InChI is InChI=1S/C15H15NO3/c1-10-7-14(17)8-11(2)16(10)9-12-3-5-13(6-4-12)15(18)19/h3-8H,9H2,1-2H3,(H,18,19). The van der Waals surface area contributed by atoms with Crippen molar-refractivity contribution in [1.82, 2.24) is 4.57 Å². The third kappa shape index (κ3) is 2.91. The Morgan fingerprint density at radius 3 is 2.11 bits per heavy atom. The van der Waals surface area contributed by atoms with Crippen molar-refractivity contribution in [2.24, 2.45) is 0 Å². The van der Waals surface area contributed by atoms with Crippen LogP contribution in [0.1, 0.15) is 27.3 Å². The monoisotopic (exact) mass is 257 g/mol. The molecule has 98 valence electrons. The van der Waals surface area contributed by atoms with Gasteiger partial charge >= 0.3 is 5.97 Å². The number of carbonyl (C=O) groups is 1. The lowest BCUT2D eigenvalue weighted by Crippen LogP contribution is -2.13. The van der Waals surface area contributed by atoms with Gasteiger partial charge in [-0.05, 0) is 31.5 Å². The SMILES string of the molecule is Cc1cc(=O)cc(C)n1Cc1ccc(C(=O)O)cc1. The normalized spacial score (nSPS) is 10.4. The molecule has 0 saturated heterocycles. The highest BCUT2D eigenvalue weighted by Crippen LogP contribution is 2.10. The number of pyridine rings is 1. The van der Waals surface area contributed by atoms with Crippen LogP contribution in [0.15, 0.2) is 41.2 Å². The first-order valence-electron chi connectivity index (χ1n) is 5.97. The van der Waals surface area contributed by atoms with Crippen LogP contribution in [0, 0.1) is 13.8 Å². The molecule has 0 aliphatic rings. The van der Waals surface area contributed by atoms with Crippen LogP contribution >= 0.6 is 0 Å². The summed E-state index contributed by atoms with van der Waals surface area (Å²) in [6, 6.07) is 9.95. The molecule has 1 heterocycles. The summed E-state index contributed by atoms with van der Waals surface area (Å²) in [4.78, 5) is 22.1. The summed E-state index contributed by atoms with van der Waals surface area (Å²) < 4.78 is 2.02. The smallest absolute Gasteiger partial charge is 0.335 e. The van der Waals surface area contributed by atoms with Gasteiger partial charge in [0.25, 0.3) is 0 Å². The van der Waals surface area contributed by atoms with Crippen LogP contribution in [0.2, 0.25) is 0 Å². The zero-order chi connectivity index (χ0) is 14.0. The Morgan fingerprint density at radius 1 is 1.11 bits per heavy atom. The van der Waals surface area contributed by atoms with Gasteiger partial charge in [-0.2, -0.15) is 0 Å². The lowest BCUT2D eigenvalue weighted by molar-refractivity contribution is 0.0697. The number of carboxylic acid groups (broad SMARTS) is 1. The predicted molar refractivity (Wildman–Crippen MR) is 72.7 cm³/mol. The van der Waals surface area contributed by atoms with E-state index in [-0.39, 0.29) is 11.0 Å². The summed E-state index contributed by atoms with van der Waals surface area (Å²) in [7, 11) is 0. The van der Waals surface area contributed by atoms with E-state index in [0.29, 0.717) is 6.54 Å². The van der Waals surface area contributed by atoms with Gasteiger partial charge in [0.15, 0.2) is 5.43 Å². The molecular formula is C15H15NO3. The molecule has 0 spiro atoms. The zero-order valence-electron chi connectivity index (χ0n) is 10.9. The molecule has 0 fully saturated rings. The summed E-state index contributed by atoms with van der Waals surface area (Å²) in [5.74, 6) is -0.928. The van der Waals surface area contributed by atoms with Gasteiger partial charge in [0, 0.05) is 30.1 Å². The van der Waals surface area contributed by atoms with Crippen molar-refractivity contribution in [3.63, 3.8) is 0 Å². The Balaban J connectivity index is 2.31. The van der Waals surface area contributed by atoms with E-state index in [1.54, 1.807) is 36.4 Å². The molecule has 4 nitrogen and oxygen atoms in total. The van der Waals surface area contributed by atoms with Gasteiger partial charge in [-0.3, -0.25) is 4.79 Å². The molecule has 0 saturated carbocycles. The van der Waals surface area contributed by atoms with E-state index in [0.717, 1.165) is 17.0 Å². The van der Waals surface area contributed by atoms with Crippen molar-refractivity contribution in [2.45, 2.75) is 20.4 Å². The molecule has 1 aromatic carbocycles. The maximum atomic E-state index is 11.4. The fraction of sp³-hybridized carbons (Fsp3) is 0.200. The molecule has 0 radical (unpaired) electrons. The first kappa shape index (κ1) is 13.1. The lowest BCUT2D eigenvalue weighted by atomic mass is 10.1. The Hall–Kier alpha value is -2.36. The van der Waals surface area contributed by atoms with Gasteiger partial charge < -0.3 is 9.67 Å². The van der Waals surface area contributed by atoms with E-state index in [2.05, 4.69) is 0 Å². The quantitative estimate of drug-likeness (QED) is 0.917. The lowest BCUT2D eigenvalue weighted by Gasteiger charge is -2.14. The number of aromatic nitrogens is 1. The molecule has 0 amide bonds. The van der Waals surface area contributed by atoms with Crippen LogP contribution in [0.3, 0.4) is 0 Å². The minimum Gasteiger partial charge on any atom is -0.478 e. The van der Waals surface area contributed by atoms with E-state index >= 15 is 0 Å². The minimum absolute atomic E-state index is 0.00692. The van der Waals surface area contributed by atoms with Gasteiger partial charge in [0.1, 0.15) is 0 Å². The molecule has 0 bridgehead atoms. The largest absolute Gasteiger partial charge is 0.478 e. The number of carboxylic acids is 1. The summed E-state index contributed by atoms with van der Waals surface area (Å²) in [6.45, 7) is 4.40. The van der Waals surface area contributed by atoms with E-state index in [9.17, 15) is 9.59 Å². The third-order valence-corrected chi connectivity index (χ3v) is 3.10. The summed E-state index contributed by atoms with van der Waals surface area (Å²) in [5.41, 5.74) is 3.07. The zero-order valence-corrected chi connectivity index (χ0v) is 10.9. The summed E-state index contributed by atoms with van der Waals surface area (Å²) >= 11 is 0. The number of hydrogen-bond donors (Lipinski definition) is 1. The van der Waals surface area contributed by atoms with Crippen LogP contribution in [-0.2, 0) is 6.54 Å². The van der Waals surface area contributed by atoms with Crippen molar-refractivity contribution in [1.29, 1.82) is 0 Å². The maximum Gasteiger partial charge on any atom is 0.335 e. The number of aromatic carboxylic acids is 1. The van der Waals surface area contributed by atoms with Crippen molar-refractivity contribution in [3.05, 3.63) is 69.1 Å². The highest BCUT2D eigenvalue weighted by atomic mass is 16.4. The van der Waals surface area contributed by atoms with Gasteiger partial charge in [-0.25, -0.2) is 4.79 Å².